The molecule has 134 valence electrons. The minimum Gasteiger partial charge on any atom is -0.406 e. The summed E-state index contributed by atoms with van der Waals surface area (Å²) in [6.07, 6.45) is -2.58. The van der Waals surface area contributed by atoms with Crippen LogP contribution >= 0.6 is 11.3 Å². The van der Waals surface area contributed by atoms with Gasteiger partial charge >= 0.3 is 6.36 Å². The molecule has 2 heterocycles. The van der Waals surface area contributed by atoms with Gasteiger partial charge in [-0.25, -0.2) is 0 Å². The van der Waals surface area contributed by atoms with Crippen LogP contribution in [0.25, 0.3) is 0 Å². The van der Waals surface area contributed by atoms with E-state index in [1.54, 1.807) is 11.3 Å². The predicted molar refractivity (Wildman–Crippen MR) is 88.7 cm³/mol. The molecule has 1 aromatic carbocycles. The second-order valence-electron chi connectivity index (χ2n) is 5.92. The Bertz CT molecular complexity index is 702. The van der Waals surface area contributed by atoms with Crippen LogP contribution in [-0.2, 0) is 4.79 Å². The molecule has 1 amide bonds. The molecule has 0 radical (unpaired) electrons. The number of amides is 1. The summed E-state index contributed by atoms with van der Waals surface area (Å²) in [5.74, 6) is -0.462. The molecule has 2 N–H and O–H groups in total. The molecule has 1 aliphatic rings. The summed E-state index contributed by atoms with van der Waals surface area (Å²) in [5.41, 5.74) is 0.450. The molecule has 0 spiro atoms. The van der Waals surface area contributed by atoms with E-state index >= 15 is 0 Å². The molecule has 1 aliphatic heterocycles. The Morgan fingerprint density at radius 2 is 2.04 bits per heavy atom. The van der Waals surface area contributed by atoms with Gasteiger partial charge in [0.1, 0.15) is 11.8 Å². The van der Waals surface area contributed by atoms with E-state index in [-0.39, 0.29) is 11.7 Å². The predicted octanol–water partition coefficient (Wildman–Crippen LogP) is 3.01. The summed E-state index contributed by atoms with van der Waals surface area (Å²) < 4.78 is 40.2. The van der Waals surface area contributed by atoms with Crippen molar-refractivity contribution in [2.24, 2.45) is 0 Å². The van der Waals surface area contributed by atoms with Crippen molar-refractivity contribution in [2.45, 2.75) is 25.2 Å². The van der Waals surface area contributed by atoms with E-state index in [1.807, 2.05) is 11.4 Å². The molecule has 1 fully saturated rings. The van der Waals surface area contributed by atoms with E-state index in [0.717, 1.165) is 19.4 Å². The van der Waals surface area contributed by atoms with E-state index in [4.69, 9.17) is 0 Å². The fourth-order valence-corrected chi connectivity index (χ4v) is 4.03. The van der Waals surface area contributed by atoms with Gasteiger partial charge in [-0.2, -0.15) is 0 Å². The Balaban J connectivity index is 1.55. The number of carbonyl (C=O) groups is 1. The number of quaternary nitrogens is 1. The number of rotatable bonds is 5. The molecule has 1 aromatic heterocycles. The van der Waals surface area contributed by atoms with Crippen LogP contribution in [0.2, 0.25) is 0 Å². The van der Waals surface area contributed by atoms with Crippen molar-refractivity contribution in [1.82, 2.24) is 0 Å². The zero-order valence-electron chi connectivity index (χ0n) is 13.3. The number of benzene rings is 1. The molecule has 0 bridgehead atoms. The van der Waals surface area contributed by atoms with Gasteiger partial charge in [0.25, 0.3) is 5.91 Å². The Hall–Kier alpha value is -2.06. The topological polar surface area (TPSA) is 42.8 Å². The van der Waals surface area contributed by atoms with Gasteiger partial charge in [-0.15, -0.1) is 24.5 Å². The zero-order chi connectivity index (χ0) is 17.9. The van der Waals surface area contributed by atoms with Crippen LogP contribution in [0.15, 0.2) is 41.8 Å². The fourth-order valence-electron chi connectivity index (χ4n) is 3.11. The number of hydrogen-bond donors (Lipinski definition) is 2. The molecule has 0 aliphatic carbocycles. The summed E-state index contributed by atoms with van der Waals surface area (Å²) >= 11 is 1.70. The molecule has 2 atom stereocenters. The first kappa shape index (κ1) is 17.8. The van der Waals surface area contributed by atoms with Crippen molar-refractivity contribution < 1.29 is 27.6 Å². The highest BCUT2D eigenvalue weighted by molar-refractivity contribution is 7.10. The SMILES string of the molecule is O=C(C[NH+]1CCC[C@@H]1c1cccs1)Nc1ccc(OC(F)(F)F)cc1. The lowest BCUT2D eigenvalue weighted by Crippen LogP contribution is -3.11. The molecule has 3 rings (SSSR count). The van der Waals surface area contributed by atoms with Crippen molar-refractivity contribution >= 4 is 22.9 Å². The first-order valence-corrected chi connectivity index (χ1v) is 8.82. The number of anilines is 1. The second-order valence-corrected chi connectivity index (χ2v) is 6.89. The summed E-state index contributed by atoms with van der Waals surface area (Å²) in [4.78, 5) is 14.8. The number of hydrogen-bond acceptors (Lipinski definition) is 3. The van der Waals surface area contributed by atoms with E-state index < -0.39 is 6.36 Å². The van der Waals surface area contributed by atoms with Crippen molar-refractivity contribution in [3.8, 4) is 5.75 Å². The van der Waals surface area contributed by atoms with Gasteiger partial charge < -0.3 is 15.0 Å². The zero-order valence-corrected chi connectivity index (χ0v) is 14.1. The highest BCUT2D eigenvalue weighted by Crippen LogP contribution is 2.24. The number of thiophene rings is 1. The number of carbonyl (C=O) groups excluding carboxylic acids is 1. The van der Waals surface area contributed by atoms with Crippen LogP contribution in [0.1, 0.15) is 23.8 Å². The number of alkyl halides is 3. The largest absolute Gasteiger partial charge is 0.573 e. The normalized spacial score (nSPS) is 20.4. The summed E-state index contributed by atoms with van der Waals surface area (Å²) in [7, 11) is 0. The first-order valence-electron chi connectivity index (χ1n) is 7.94. The number of nitrogens with one attached hydrogen (secondary N) is 2. The van der Waals surface area contributed by atoms with Crippen molar-refractivity contribution in [2.75, 3.05) is 18.4 Å². The lowest BCUT2D eigenvalue weighted by Gasteiger charge is -2.20. The third-order valence-electron chi connectivity index (χ3n) is 4.13. The summed E-state index contributed by atoms with van der Waals surface area (Å²) in [6, 6.07) is 9.61. The molecule has 8 heteroatoms. The van der Waals surface area contributed by atoms with Crippen LogP contribution in [0, 0.1) is 0 Å². The van der Waals surface area contributed by atoms with Crippen LogP contribution in [0.4, 0.5) is 18.9 Å². The average Bonchev–Trinajstić information content (AvgIpc) is 3.18. The average molecular weight is 371 g/mol. The van der Waals surface area contributed by atoms with Gasteiger partial charge in [-0.3, -0.25) is 4.79 Å². The van der Waals surface area contributed by atoms with Crippen molar-refractivity contribution in [3.63, 3.8) is 0 Å². The number of likely N-dealkylation sites (tertiary alicyclic amines) is 1. The van der Waals surface area contributed by atoms with Crippen molar-refractivity contribution in [1.29, 1.82) is 0 Å². The van der Waals surface area contributed by atoms with Gasteiger partial charge in [0.15, 0.2) is 6.54 Å². The van der Waals surface area contributed by atoms with Gasteiger partial charge in [-0.1, -0.05) is 6.07 Å². The Morgan fingerprint density at radius 1 is 1.28 bits per heavy atom. The van der Waals surface area contributed by atoms with E-state index in [1.165, 1.54) is 34.0 Å². The van der Waals surface area contributed by atoms with E-state index in [2.05, 4.69) is 16.1 Å². The number of halogens is 3. The lowest BCUT2D eigenvalue weighted by atomic mass is 10.2. The molecule has 25 heavy (non-hydrogen) atoms. The van der Waals surface area contributed by atoms with Crippen LogP contribution in [0.5, 0.6) is 5.75 Å². The van der Waals surface area contributed by atoms with Crippen LogP contribution in [0.3, 0.4) is 0 Å². The smallest absolute Gasteiger partial charge is 0.406 e. The first-order chi connectivity index (χ1) is 11.9. The minimum absolute atomic E-state index is 0.150. The quantitative estimate of drug-likeness (QED) is 0.849. The fraction of sp³-hybridized carbons (Fsp3) is 0.353. The third-order valence-corrected chi connectivity index (χ3v) is 5.12. The Labute approximate surface area is 147 Å². The highest BCUT2D eigenvalue weighted by Gasteiger charge is 2.32. The van der Waals surface area contributed by atoms with Gasteiger partial charge in [0.05, 0.1) is 11.4 Å². The molecule has 2 aromatic rings. The molecule has 1 unspecified atom stereocenters. The summed E-state index contributed by atoms with van der Waals surface area (Å²) in [6.45, 7) is 1.28. The van der Waals surface area contributed by atoms with E-state index in [0.29, 0.717) is 18.3 Å². The van der Waals surface area contributed by atoms with E-state index in [9.17, 15) is 18.0 Å². The van der Waals surface area contributed by atoms with Crippen molar-refractivity contribution in [3.05, 3.63) is 46.7 Å². The van der Waals surface area contributed by atoms with Gasteiger partial charge in [-0.05, 0) is 35.7 Å². The third kappa shape index (κ3) is 4.96. The molecule has 0 saturated carbocycles. The Kier molecular flexibility index (Phi) is 5.29. The molecule has 4 nitrogen and oxygen atoms in total. The molecular weight excluding hydrogens is 353 g/mol. The molecular formula is C17H18F3N2O2S+. The maximum atomic E-state index is 12.3. The van der Waals surface area contributed by atoms with Gasteiger partial charge in [0, 0.05) is 18.5 Å². The van der Waals surface area contributed by atoms with Crippen LogP contribution < -0.4 is 15.0 Å². The second kappa shape index (κ2) is 7.45. The highest BCUT2D eigenvalue weighted by atomic mass is 32.1. The maximum absolute atomic E-state index is 12.3. The Morgan fingerprint density at radius 3 is 2.68 bits per heavy atom. The summed E-state index contributed by atoms with van der Waals surface area (Å²) in [5, 5.41) is 4.77. The number of ether oxygens (including phenoxy) is 1. The van der Waals surface area contributed by atoms with Gasteiger partial charge in [0.2, 0.25) is 0 Å². The monoisotopic (exact) mass is 371 g/mol. The molecule has 1 saturated heterocycles. The van der Waals surface area contributed by atoms with Crippen LogP contribution in [-0.4, -0.2) is 25.4 Å². The standard InChI is InChI=1S/C17H17F3N2O2S/c18-17(19,20)24-13-7-5-12(6-8-13)21-16(23)11-22-9-1-3-14(22)15-4-2-10-25-15/h2,4-8,10,14H,1,3,9,11H2,(H,21,23)/p+1/t14-/m1/s1. The minimum atomic E-state index is -4.72. The lowest BCUT2D eigenvalue weighted by molar-refractivity contribution is -0.910. The maximum Gasteiger partial charge on any atom is 0.573 e.